The maximum Gasteiger partial charge on any atom is 0.276 e. The van der Waals surface area contributed by atoms with Crippen molar-refractivity contribution in [1.82, 2.24) is 10.3 Å². The topological polar surface area (TPSA) is 60.3 Å². The van der Waals surface area contributed by atoms with Crippen LogP contribution in [0, 0.1) is 0 Å². The van der Waals surface area contributed by atoms with Gasteiger partial charge in [0.2, 0.25) is 0 Å². The van der Waals surface area contributed by atoms with Crippen molar-refractivity contribution in [2.75, 3.05) is 24.2 Å². The van der Waals surface area contributed by atoms with Crippen molar-refractivity contribution < 1.29 is 4.79 Å². The van der Waals surface area contributed by atoms with E-state index in [0.29, 0.717) is 10.9 Å². The van der Waals surface area contributed by atoms with Crippen LogP contribution in [0.2, 0.25) is 0 Å². The van der Waals surface area contributed by atoms with E-state index in [0.717, 1.165) is 29.2 Å². The summed E-state index contributed by atoms with van der Waals surface area (Å²) in [4.78, 5) is 20.0. The van der Waals surface area contributed by atoms with Crippen LogP contribution in [0.15, 0.2) is 58.6 Å². The average Bonchev–Trinajstić information content (AvgIpc) is 2.74. The van der Waals surface area contributed by atoms with Gasteiger partial charge >= 0.3 is 0 Å². The van der Waals surface area contributed by atoms with Gasteiger partial charge in [0.15, 0.2) is 11.3 Å². The summed E-state index contributed by atoms with van der Waals surface area (Å²) in [6.45, 7) is 6.22. The van der Waals surface area contributed by atoms with E-state index < -0.39 is 0 Å². The van der Waals surface area contributed by atoms with E-state index in [4.69, 9.17) is 4.99 Å². The Morgan fingerprint density at radius 3 is 2.50 bits per heavy atom. The van der Waals surface area contributed by atoms with E-state index in [9.17, 15) is 4.79 Å². The van der Waals surface area contributed by atoms with Crippen LogP contribution in [0.1, 0.15) is 25.6 Å². The molecule has 0 aliphatic carbocycles. The molecule has 0 saturated heterocycles. The summed E-state index contributed by atoms with van der Waals surface area (Å²) in [6.07, 6.45) is 1.52. The average molecular weight is 394 g/mol. The Bertz CT molecular complexity index is 1040. The number of hydrazone groups is 1. The van der Waals surface area contributed by atoms with Crippen LogP contribution in [-0.4, -0.2) is 35.4 Å². The first-order chi connectivity index (χ1) is 13.7. The van der Waals surface area contributed by atoms with Crippen molar-refractivity contribution >= 4 is 34.2 Å². The number of carbonyl (C=O) groups is 1. The molecule has 0 radical (unpaired) electrons. The first-order valence-corrected chi connectivity index (χ1v) is 10.6. The molecular weight excluding hydrogens is 370 g/mol. The quantitative estimate of drug-likeness (QED) is 0.864. The molecule has 2 heterocycles. The van der Waals surface area contributed by atoms with Crippen molar-refractivity contribution in [2.45, 2.75) is 20.0 Å². The highest BCUT2D eigenvalue weighted by atomic mass is 32.2. The molecule has 1 amide bonds. The van der Waals surface area contributed by atoms with Gasteiger partial charge in [-0.1, -0.05) is 42.1 Å². The van der Waals surface area contributed by atoms with Gasteiger partial charge < -0.3 is 4.90 Å². The smallest absolute Gasteiger partial charge is 0.276 e. The molecule has 0 aromatic heterocycles. The van der Waals surface area contributed by atoms with E-state index >= 15 is 0 Å². The van der Waals surface area contributed by atoms with E-state index in [1.807, 2.05) is 30.5 Å². The number of fused-ring (bicyclic) bond motifs is 2. The molecule has 144 valence electrons. The summed E-state index contributed by atoms with van der Waals surface area (Å²) in [5.74, 6) is -0.147. The number of rotatable bonds is 4. The molecule has 6 nitrogen and oxygen atoms in total. The fourth-order valence-corrected chi connectivity index (χ4v) is 3.95. The van der Waals surface area contributed by atoms with Crippen molar-refractivity contribution in [3.63, 3.8) is 0 Å². The number of nitrogens with zero attached hydrogens (tertiary/aromatic N) is 4. The van der Waals surface area contributed by atoms with Crippen molar-refractivity contribution in [3.05, 3.63) is 64.7 Å². The lowest BCUT2D eigenvalue weighted by Gasteiger charge is -2.34. The van der Waals surface area contributed by atoms with E-state index in [1.165, 1.54) is 17.4 Å². The predicted octanol–water partition coefficient (Wildman–Crippen LogP) is 2.04. The minimum absolute atomic E-state index is 0.147. The fourth-order valence-electron chi connectivity index (χ4n) is 3.58. The molecule has 0 fully saturated rings. The Labute approximate surface area is 168 Å². The van der Waals surface area contributed by atoms with Crippen molar-refractivity contribution in [2.24, 2.45) is 10.1 Å². The van der Waals surface area contributed by atoms with E-state index in [1.54, 1.807) is 5.01 Å². The molecule has 2 aromatic rings. The van der Waals surface area contributed by atoms with Crippen LogP contribution in [0.5, 0.6) is 0 Å². The Morgan fingerprint density at radius 2 is 1.82 bits per heavy atom. The monoisotopic (exact) mass is 393 g/mol. The third kappa shape index (κ3) is 3.16. The minimum Gasteiger partial charge on any atom is -0.372 e. The summed E-state index contributed by atoms with van der Waals surface area (Å²) in [5.41, 5.74) is 2.72. The van der Waals surface area contributed by atoms with Crippen LogP contribution in [-0.2, 0) is 4.79 Å². The summed E-state index contributed by atoms with van der Waals surface area (Å²) >= 11 is 1.41. The molecule has 28 heavy (non-hydrogen) atoms. The number of hydrogen-bond donors (Lipinski definition) is 1. The molecule has 4 rings (SSSR count). The standard InChI is InChI=1S/C21H23N5OS/c1-4-25(5-2)15-12-10-14(11-13-15)19-22-17-9-7-6-8-16(17)18-20(27)23-21(28-3)24-26(18)19/h6-13,19H,4-5H2,1-3H3,(H,23,24,27)/t19-/m0/s1. The van der Waals surface area contributed by atoms with Gasteiger partial charge in [0.25, 0.3) is 5.91 Å². The zero-order valence-electron chi connectivity index (χ0n) is 16.2. The summed E-state index contributed by atoms with van der Waals surface area (Å²) < 4.78 is 0. The van der Waals surface area contributed by atoms with Crippen LogP contribution >= 0.6 is 11.8 Å². The zero-order chi connectivity index (χ0) is 19.7. The number of thioether (sulfide) groups is 1. The lowest BCUT2D eigenvalue weighted by molar-refractivity contribution is -0.116. The Hall–Kier alpha value is -2.80. The van der Waals surface area contributed by atoms with Crippen LogP contribution < -0.4 is 20.8 Å². The number of amides is 1. The van der Waals surface area contributed by atoms with E-state index in [-0.39, 0.29) is 12.1 Å². The molecule has 0 saturated carbocycles. The van der Waals surface area contributed by atoms with Crippen LogP contribution in [0.25, 0.3) is 5.70 Å². The number of para-hydroxylation sites is 1. The molecule has 0 bridgehead atoms. The number of benzene rings is 2. The van der Waals surface area contributed by atoms with Gasteiger partial charge in [0, 0.05) is 24.0 Å². The normalized spacial score (nSPS) is 17.9. The highest BCUT2D eigenvalue weighted by Crippen LogP contribution is 2.31. The minimum atomic E-state index is -0.371. The Kier molecular flexibility index (Phi) is 5.09. The number of carbonyl (C=O) groups excluding carboxylic acids is 1. The largest absolute Gasteiger partial charge is 0.372 e. The summed E-state index contributed by atoms with van der Waals surface area (Å²) in [5, 5.41) is 11.5. The highest BCUT2D eigenvalue weighted by molar-refractivity contribution is 8.13. The van der Waals surface area contributed by atoms with Crippen molar-refractivity contribution in [1.29, 1.82) is 0 Å². The van der Waals surface area contributed by atoms with Gasteiger partial charge in [-0.05, 0) is 43.9 Å². The number of nitrogens with one attached hydrogen (secondary N) is 1. The van der Waals surface area contributed by atoms with Gasteiger partial charge in [-0.2, -0.15) is 0 Å². The van der Waals surface area contributed by atoms with Gasteiger partial charge in [0.05, 0.1) is 5.36 Å². The van der Waals surface area contributed by atoms with Gasteiger partial charge in [-0.25, -0.2) is 5.01 Å². The SMILES string of the molecule is CCN(CC)c1ccc([C@H]2N=c3ccccc3=C3C(=O)NC(SC)=NN32)cc1. The van der Waals surface area contributed by atoms with Gasteiger partial charge in [-0.15, -0.1) is 5.10 Å². The van der Waals surface area contributed by atoms with Crippen LogP contribution in [0.3, 0.4) is 0 Å². The lowest BCUT2D eigenvalue weighted by atomic mass is 10.1. The third-order valence-corrected chi connectivity index (χ3v) is 5.60. The fraction of sp³-hybridized carbons (Fsp3) is 0.286. The molecular formula is C21H23N5OS. The Balaban J connectivity index is 1.83. The van der Waals surface area contributed by atoms with Gasteiger partial charge in [-0.3, -0.25) is 15.1 Å². The molecule has 0 unspecified atom stereocenters. The maximum absolute atomic E-state index is 12.8. The second-order valence-electron chi connectivity index (χ2n) is 6.54. The second-order valence-corrected chi connectivity index (χ2v) is 7.34. The first kappa shape index (κ1) is 18.6. The Morgan fingerprint density at radius 1 is 1.11 bits per heavy atom. The highest BCUT2D eigenvalue weighted by Gasteiger charge is 2.34. The van der Waals surface area contributed by atoms with Gasteiger partial charge in [0.1, 0.15) is 5.70 Å². The zero-order valence-corrected chi connectivity index (χ0v) is 17.0. The predicted molar refractivity (Wildman–Crippen MR) is 114 cm³/mol. The summed E-state index contributed by atoms with van der Waals surface area (Å²) in [6, 6.07) is 16.1. The number of amidine groups is 1. The lowest BCUT2D eigenvalue weighted by Crippen LogP contribution is -2.50. The molecule has 0 spiro atoms. The molecule has 2 aromatic carbocycles. The summed E-state index contributed by atoms with van der Waals surface area (Å²) in [7, 11) is 0. The van der Waals surface area contributed by atoms with E-state index in [2.05, 4.69) is 53.4 Å². The molecule has 2 aliphatic rings. The molecule has 1 atom stereocenters. The number of hydrogen-bond acceptors (Lipinski definition) is 6. The van der Waals surface area contributed by atoms with Crippen LogP contribution in [0.4, 0.5) is 5.69 Å². The number of anilines is 1. The third-order valence-electron chi connectivity index (χ3n) is 5.03. The second kappa shape index (κ2) is 7.67. The molecule has 1 N–H and O–H groups in total. The molecule has 7 heteroatoms. The molecule has 2 aliphatic heterocycles. The van der Waals surface area contributed by atoms with Crippen molar-refractivity contribution in [3.8, 4) is 0 Å². The first-order valence-electron chi connectivity index (χ1n) is 9.41. The maximum atomic E-state index is 12.8.